The molecule has 0 aromatic heterocycles. The van der Waals surface area contributed by atoms with Crippen LogP contribution in [0, 0.1) is 0 Å². The fourth-order valence-electron chi connectivity index (χ4n) is 4.09. The first kappa shape index (κ1) is 19.9. The van der Waals surface area contributed by atoms with Crippen molar-refractivity contribution in [3.8, 4) is 0 Å². The summed E-state index contributed by atoms with van der Waals surface area (Å²) >= 11 is 0. The quantitative estimate of drug-likeness (QED) is 0.690. The van der Waals surface area contributed by atoms with Crippen LogP contribution in [0.4, 0.5) is 0 Å². The van der Waals surface area contributed by atoms with E-state index in [-0.39, 0.29) is 23.9 Å². The molecule has 2 aromatic carbocycles. The predicted octanol–water partition coefficient (Wildman–Crippen LogP) is 4.87. The lowest BCUT2D eigenvalue weighted by Crippen LogP contribution is -2.34. The van der Waals surface area contributed by atoms with E-state index in [0.717, 1.165) is 22.5 Å². The third-order valence-corrected chi connectivity index (χ3v) is 5.44. The second-order valence-electron chi connectivity index (χ2n) is 8.16. The fourth-order valence-corrected chi connectivity index (χ4v) is 4.09. The maximum Gasteiger partial charge on any atom is 0.259 e. The van der Waals surface area contributed by atoms with Gasteiger partial charge in [-0.05, 0) is 51.0 Å². The summed E-state index contributed by atoms with van der Waals surface area (Å²) in [6, 6.07) is 19.7. The van der Waals surface area contributed by atoms with Gasteiger partial charge in [0, 0.05) is 12.1 Å². The van der Waals surface area contributed by atoms with E-state index in [0.29, 0.717) is 11.1 Å². The molecule has 2 aliphatic rings. The van der Waals surface area contributed by atoms with Gasteiger partial charge in [-0.1, -0.05) is 60.7 Å². The Kier molecular flexibility index (Phi) is 5.17. The molecule has 0 spiro atoms. The largest absolute Gasteiger partial charge is 0.305 e. The van der Waals surface area contributed by atoms with E-state index in [1.165, 1.54) is 0 Å². The Morgan fingerprint density at radius 2 is 0.900 bits per heavy atom. The number of hydrogen-bond donors (Lipinski definition) is 0. The fraction of sp³-hybridized carbons (Fsp3) is 0.231. The summed E-state index contributed by atoms with van der Waals surface area (Å²) in [6.45, 7) is 7.96. The van der Waals surface area contributed by atoms with E-state index in [1.807, 2.05) is 101 Å². The van der Waals surface area contributed by atoms with Gasteiger partial charge in [0.25, 0.3) is 11.8 Å². The van der Waals surface area contributed by atoms with Gasteiger partial charge < -0.3 is 9.80 Å². The summed E-state index contributed by atoms with van der Waals surface area (Å²) in [7, 11) is 0. The number of rotatable bonds is 4. The maximum atomic E-state index is 13.4. The average molecular weight is 399 g/mol. The summed E-state index contributed by atoms with van der Waals surface area (Å²) in [5, 5.41) is 0. The van der Waals surface area contributed by atoms with E-state index in [4.69, 9.17) is 0 Å². The van der Waals surface area contributed by atoms with Gasteiger partial charge in [0.2, 0.25) is 0 Å². The Balaban J connectivity index is 1.89. The van der Waals surface area contributed by atoms with Crippen molar-refractivity contribution < 1.29 is 9.59 Å². The van der Waals surface area contributed by atoms with Crippen molar-refractivity contribution in [1.29, 1.82) is 0 Å². The van der Waals surface area contributed by atoms with Gasteiger partial charge >= 0.3 is 0 Å². The van der Waals surface area contributed by atoms with Crippen LogP contribution in [-0.4, -0.2) is 33.7 Å². The van der Waals surface area contributed by atoms with Crippen molar-refractivity contribution in [3.05, 3.63) is 95.1 Å². The molecular weight excluding hydrogens is 372 g/mol. The highest BCUT2D eigenvalue weighted by Crippen LogP contribution is 2.38. The maximum absolute atomic E-state index is 13.4. The second kappa shape index (κ2) is 7.79. The van der Waals surface area contributed by atoms with E-state index < -0.39 is 0 Å². The molecule has 2 amide bonds. The predicted molar refractivity (Wildman–Crippen MR) is 120 cm³/mol. The molecule has 4 nitrogen and oxygen atoms in total. The van der Waals surface area contributed by atoms with Crippen LogP contribution in [0.25, 0.3) is 11.4 Å². The molecule has 2 aliphatic heterocycles. The number of carbonyl (C=O) groups excluding carboxylic acids is 2. The van der Waals surface area contributed by atoms with Gasteiger partial charge in [0.15, 0.2) is 0 Å². The van der Waals surface area contributed by atoms with Crippen molar-refractivity contribution in [3.63, 3.8) is 0 Å². The van der Waals surface area contributed by atoms with Crippen molar-refractivity contribution in [2.24, 2.45) is 0 Å². The molecule has 152 valence electrons. The van der Waals surface area contributed by atoms with Crippen molar-refractivity contribution in [2.45, 2.75) is 39.8 Å². The Hall–Kier alpha value is -3.40. The Labute approximate surface area is 177 Å². The molecule has 0 N–H and O–H groups in total. The summed E-state index contributed by atoms with van der Waals surface area (Å²) in [6.07, 6.45) is 3.74. The molecule has 4 heteroatoms. The lowest BCUT2D eigenvalue weighted by molar-refractivity contribution is -0.126. The van der Waals surface area contributed by atoms with Crippen LogP contribution in [0.3, 0.4) is 0 Å². The summed E-state index contributed by atoms with van der Waals surface area (Å²) < 4.78 is 0. The molecular formula is C26H26N2O2. The smallest absolute Gasteiger partial charge is 0.259 e. The Bertz CT molecular complexity index is 989. The molecule has 2 aromatic rings. The minimum absolute atomic E-state index is 0.0164. The lowest BCUT2D eigenvalue weighted by Gasteiger charge is -2.25. The molecule has 4 rings (SSSR count). The van der Waals surface area contributed by atoms with Gasteiger partial charge in [-0.2, -0.15) is 0 Å². The van der Waals surface area contributed by atoms with Crippen LogP contribution in [-0.2, 0) is 9.59 Å². The van der Waals surface area contributed by atoms with Crippen LogP contribution < -0.4 is 0 Å². The Morgan fingerprint density at radius 3 is 1.20 bits per heavy atom. The standard InChI is InChI=1S/C26H26N2O2/c1-17(2)27-23(19-11-7-5-8-12-19)15-21(25(27)29)22-16-24(20-13-9-6-10-14-20)28(18(3)4)26(22)30/h5-18H,1-4H3/b22-21+. The first-order chi connectivity index (χ1) is 14.4. The van der Waals surface area contributed by atoms with Gasteiger partial charge in [-0.3, -0.25) is 9.59 Å². The average Bonchev–Trinajstić information content (AvgIpc) is 3.26. The second-order valence-corrected chi connectivity index (χ2v) is 8.16. The monoisotopic (exact) mass is 398 g/mol. The zero-order valence-corrected chi connectivity index (χ0v) is 17.8. The highest BCUT2D eigenvalue weighted by molar-refractivity contribution is 6.18. The van der Waals surface area contributed by atoms with Crippen molar-refractivity contribution in [2.75, 3.05) is 0 Å². The molecule has 0 saturated carbocycles. The van der Waals surface area contributed by atoms with E-state index >= 15 is 0 Å². The topological polar surface area (TPSA) is 40.6 Å². The van der Waals surface area contributed by atoms with Gasteiger partial charge in [-0.15, -0.1) is 0 Å². The SMILES string of the molecule is CC(C)N1C(=O)/C(=C2\C=C(c3ccccc3)N(C(C)C)C2=O)C=C1c1ccccc1. The van der Waals surface area contributed by atoms with Crippen LogP contribution >= 0.6 is 0 Å². The van der Waals surface area contributed by atoms with Crippen LogP contribution in [0.2, 0.25) is 0 Å². The zero-order valence-electron chi connectivity index (χ0n) is 17.8. The third kappa shape index (κ3) is 3.28. The van der Waals surface area contributed by atoms with Crippen LogP contribution in [0.1, 0.15) is 38.8 Å². The van der Waals surface area contributed by atoms with E-state index in [9.17, 15) is 9.59 Å². The van der Waals surface area contributed by atoms with E-state index in [2.05, 4.69) is 0 Å². The van der Waals surface area contributed by atoms with E-state index in [1.54, 1.807) is 9.80 Å². The number of benzene rings is 2. The Morgan fingerprint density at radius 1 is 0.567 bits per heavy atom. The number of carbonyl (C=O) groups is 2. The molecule has 0 atom stereocenters. The van der Waals surface area contributed by atoms with Crippen molar-refractivity contribution in [1.82, 2.24) is 9.80 Å². The molecule has 0 bridgehead atoms. The molecule has 0 aliphatic carbocycles. The van der Waals surface area contributed by atoms with Crippen LogP contribution in [0.5, 0.6) is 0 Å². The molecule has 0 fully saturated rings. The van der Waals surface area contributed by atoms with Crippen LogP contribution in [0.15, 0.2) is 84.0 Å². The summed E-state index contributed by atoms with van der Waals surface area (Å²) in [4.78, 5) is 30.4. The molecule has 2 heterocycles. The minimum Gasteiger partial charge on any atom is -0.305 e. The normalized spacial score (nSPS) is 19.3. The summed E-state index contributed by atoms with van der Waals surface area (Å²) in [5.41, 5.74) is 4.53. The molecule has 0 radical (unpaired) electrons. The van der Waals surface area contributed by atoms with Gasteiger partial charge in [0.05, 0.1) is 22.5 Å². The number of hydrogen-bond acceptors (Lipinski definition) is 2. The first-order valence-electron chi connectivity index (χ1n) is 10.4. The van der Waals surface area contributed by atoms with Gasteiger partial charge in [0.1, 0.15) is 0 Å². The van der Waals surface area contributed by atoms with Gasteiger partial charge in [-0.25, -0.2) is 0 Å². The van der Waals surface area contributed by atoms with Crippen molar-refractivity contribution >= 4 is 23.2 Å². The highest BCUT2D eigenvalue weighted by Gasteiger charge is 2.38. The molecule has 0 saturated heterocycles. The number of nitrogens with zero attached hydrogens (tertiary/aromatic N) is 2. The highest BCUT2D eigenvalue weighted by atomic mass is 16.2. The molecule has 30 heavy (non-hydrogen) atoms. The summed E-state index contributed by atoms with van der Waals surface area (Å²) in [5.74, 6) is -0.247. The minimum atomic E-state index is -0.124. The lowest BCUT2D eigenvalue weighted by atomic mass is 10.1. The number of amides is 2. The molecule has 0 unspecified atom stereocenters. The third-order valence-electron chi connectivity index (χ3n) is 5.44. The first-order valence-corrected chi connectivity index (χ1v) is 10.4. The zero-order chi connectivity index (χ0) is 21.4.